The summed E-state index contributed by atoms with van der Waals surface area (Å²) in [5, 5.41) is 1.35. The van der Waals surface area contributed by atoms with Crippen molar-refractivity contribution in [2.45, 2.75) is 5.54 Å². The van der Waals surface area contributed by atoms with Crippen molar-refractivity contribution in [3.8, 4) is 0 Å². The molecule has 0 saturated carbocycles. The second-order valence-electron chi connectivity index (χ2n) is 8.56. The van der Waals surface area contributed by atoms with Crippen LogP contribution in [0.2, 0.25) is 10.0 Å². The zero-order valence-electron chi connectivity index (χ0n) is 19.0. The maximum absolute atomic E-state index is 7.28. The molecule has 1 aliphatic rings. The van der Waals surface area contributed by atoms with Gasteiger partial charge in [-0.25, -0.2) is 4.98 Å². The Kier molecular flexibility index (Phi) is 5.61. The molecule has 2 N–H and O–H groups in total. The number of imidazole rings is 1. The quantitative estimate of drug-likeness (QED) is 0.364. The second-order valence-corrected chi connectivity index (χ2v) is 9.43. The number of benzene rings is 3. The Balaban J connectivity index is 1.76. The molecule has 1 atom stereocenters. The van der Waals surface area contributed by atoms with Crippen LogP contribution in [0.5, 0.6) is 0 Å². The van der Waals surface area contributed by atoms with Crippen LogP contribution in [0.15, 0.2) is 97.6 Å². The smallest absolute Gasteiger partial charge is 0.109 e. The van der Waals surface area contributed by atoms with Crippen LogP contribution in [0, 0.1) is 0 Å². The molecule has 0 saturated heterocycles. The average Bonchev–Trinajstić information content (AvgIpc) is 3.27. The summed E-state index contributed by atoms with van der Waals surface area (Å²) in [5.74, 6) is 0. The summed E-state index contributed by atoms with van der Waals surface area (Å²) < 4.78 is 1.95. The van der Waals surface area contributed by atoms with Gasteiger partial charge in [-0.1, -0.05) is 60.1 Å². The fraction of sp³-hybridized carbons (Fsp3) is 0.107. The second kappa shape index (κ2) is 8.48. The Morgan fingerprint density at radius 1 is 0.912 bits per heavy atom. The number of likely N-dealkylation sites (N-methyl/N-ethyl adjacent to an activating group) is 1. The van der Waals surface area contributed by atoms with Crippen molar-refractivity contribution in [2.75, 3.05) is 11.9 Å². The van der Waals surface area contributed by atoms with Crippen molar-refractivity contribution in [1.29, 1.82) is 0 Å². The summed E-state index contributed by atoms with van der Waals surface area (Å²) >= 11 is 12.5. The number of anilines is 1. The van der Waals surface area contributed by atoms with Crippen molar-refractivity contribution >= 4 is 34.5 Å². The molecule has 3 aromatic carbocycles. The van der Waals surface area contributed by atoms with Gasteiger partial charge in [0.1, 0.15) is 5.54 Å². The highest BCUT2D eigenvalue weighted by Gasteiger charge is 2.36. The molecular formula is C28H24Cl2N4. The van der Waals surface area contributed by atoms with Crippen LogP contribution in [-0.4, -0.2) is 16.6 Å². The third-order valence-electron chi connectivity index (χ3n) is 6.50. The van der Waals surface area contributed by atoms with E-state index in [1.54, 1.807) is 6.33 Å². The zero-order valence-corrected chi connectivity index (χ0v) is 20.5. The van der Waals surface area contributed by atoms with E-state index in [-0.39, 0.29) is 0 Å². The first kappa shape index (κ1) is 22.5. The molecule has 0 aliphatic carbocycles. The molecule has 170 valence electrons. The van der Waals surface area contributed by atoms with Crippen LogP contribution in [0.1, 0.15) is 27.9 Å². The SMILES string of the molecule is C=C1C=C(c2cccc(Cl)c2)c2cc([C@](N)(c3ccc(Cl)cc3)c3cncn3C)ccc2N1C. The summed E-state index contributed by atoms with van der Waals surface area (Å²) in [6, 6.07) is 21.9. The number of halogens is 2. The molecule has 0 fully saturated rings. The van der Waals surface area contributed by atoms with Gasteiger partial charge in [0.2, 0.25) is 0 Å². The van der Waals surface area contributed by atoms with E-state index < -0.39 is 5.54 Å². The van der Waals surface area contributed by atoms with Crippen LogP contribution >= 0.6 is 23.2 Å². The Labute approximate surface area is 209 Å². The topological polar surface area (TPSA) is 47.1 Å². The van der Waals surface area contributed by atoms with E-state index in [9.17, 15) is 0 Å². The Hall–Kier alpha value is -3.31. The molecule has 4 nitrogen and oxygen atoms in total. The van der Waals surface area contributed by atoms with Crippen LogP contribution in [-0.2, 0) is 12.6 Å². The minimum absolute atomic E-state index is 0.660. The highest BCUT2D eigenvalue weighted by atomic mass is 35.5. The van der Waals surface area contributed by atoms with Gasteiger partial charge in [0.05, 0.1) is 18.2 Å². The molecule has 5 rings (SSSR count). The molecule has 1 aromatic heterocycles. The molecule has 0 radical (unpaired) electrons. The highest BCUT2D eigenvalue weighted by molar-refractivity contribution is 6.31. The molecule has 0 spiro atoms. The molecule has 0 bridgehead atoms. The van der Waals surface area contributed by atoms with E-state index in [1.165, 1.54) is 0 Å². The van der Waals surface area contributed by atoms with Crippen LogP contribution in [0.3, 0.4) is 0 Å². The zero-order chi connectivity index (χ0) is 24.0. The van der Waals surface area contributed by atoms with Gasteiger partial charge in [0.25, 0.3) is 0 Å². The summed E-state index contributed by atoms with van der Waals surface area (Å²) in [4.78, 5) is 6.43. The molecule has 1 aliphatic heterocycles. The van der Waals surface area contributed by atoms with E-state index in [0.717, 1.165) is 44.9 Å². The normalized spacial score (nSPS) is 15.0. The summed E-state index contributed by atoms with van der Waals surface area (Å²) in [6.45, 7) is 4.24. The van der Waals surface area contributed by atoms with Crippen LogP contribution in [0.25, 0.3) is 5.57 Å². The summed E-state index contributed by atoms with van der Waals surface area (Å²) in [7, 11) is 3.97. The van der Waals surface area contributed by atoms with Gasteiger partial charge in [0, 0.05) is 41.1 Å². The lowest BCUT2D eigenvalue weighted by Crippen LogP contribution is -2.41. The molecule has 4 aromatic rings. The maximum Gasteiger partial charge on any atom is 0.109 e. The van der Waals surface area contributed by atoms with Crippen molar-refractivity contribution in [3.05, 3.63) is 136 Å². The van der Waals surface area contributed by atoms with Crippen LogP contribution < -0.4 is 10.6 Å². The minimum atomic E-state index is -0.947. The van der Waals surface area contributed by atoms with Crippen molar-refractivity contribution in [2.24, 2.45) is 12.8 Å². The molecule has 34 heavy (non-hydrogen) atoms. The first-order valence-corrected chi connectivity index (χ1v) is 11.6. The number of hydrogen-bond acceptors (Lipinski definition) is 3. The molecule has 0 amide bonds. The number of aromatic nitrogens is 2. The van der Waals surface area contributed by atoms with E-state index in [4.69, 9.17) is 28.9 Å². The fourth-order valence-corrected chi connectivity index (χ4v) is 4.91. The monoisotopic (exact) mass is 486 g/mol. The summed E-state index contributed by atoms with van der Waals surface area (Å²) in [6.07, 6.45) is 5.67. The predicted octanol–water partition coefficient (Wildman–Crippen LogP) is 6.37. The lowest BCUT2D eigenvalue weighted by Gasteiger charge is -2.34. The Bertz CT molecular complexity index is 1440. The van der Waals surface area contributed by atoms with E-state index >= 15 is 0 Å². The van der Waals surface area contributed by atoms with E-state index in [1.807, 2.05) is 67.3 Å². The van der Waals surface area contributed by atoms with Gasteiger partial charge < -0.3 is 15.2 Å². The van der Waals surface area contributed by atoms with Gasteiger partial charge in [-0.15, -0.1) is 0 Å². The van der Waals surface area contributed by atoms with Crippen molar-refractivity contribution < 1.29 is 0 Å². The van der Waals surface area contributed by atoms with Crippen molar-refractivity contribution in [3.63, 3.8) is 0 Å². The third-order valence-corrected chi connectivity index (χ3v) is 6.99. The molecule has 6 heteroatoms. The highest BCUT2D eigenvalue weighted by Crippen LogP contribution is 2.42. The summed E-state index contributed by atoms with van der Waals surface area (Å²) in [5.41, 5.74) is 14.1. The fourth-order valence-electron chi connectivity index (χ4n) is 4.59. The number of hydrogen-bond donors (Lipinski definition) is 1. The first-order chi connectivity index (χ1) is 16.3. The van der Waals surface area contributed by atoms with Gasteiger partial charge in [0.15, 0.2) is 0 Å². The Morgan fingerprint density at radius 3 is 2.32 bits per heavy atom. The van der Waals surface area contributed by atoms with Crippen molar-refractivity contribution in [1.82, 2.24) is 9.55 Å². The average molecular weight is 487 g/mol. The molecule has 0 unspecified atom stereocenters. The maximum atomic E-state index is 7.28. The third kappa shape index (κ3) is 3.64. The molecule has 2 heterocycles. The lowest BCUT2D eigenvalue weighted by molar-refractivity contribution is 0.596. The number of nitrogens with zero attached hydrogens (tertiary/aromatic N) is 3. The van der Waals surface area contributed by atoms with Gasteiger partial charge in [-0.2, -0.15) is 0 Å². The standard InChI is InChI=1S/C28H24Cl2N4/c1-18-13-24(19-5-4-6-23(30)14-19)25-15-21(9-12-26(25)34(18)3)28(31,27-16-32-17-33(27)2)20-7-10-22(29)11-8-20/h4-17H,1,31H2,2-3H3/t28-/m1/s1. The number of fused-ring (bicyclic) bond motifs is 1. The number of rotatable bonds is 4. The first-order valence-electron chi connectivity index (χ1n) is 10.9. The van der Waals surface area contributed by atoms with Gasteiger partial charge in [-0.3, -0.25) is 0 Å². The van der Waals surface area contributed by atoms with Crippen LogP contribution in [0.4, 0.5) is 5.69 Å². The number of allylic oxidation sites excluding steroid dienone is 1. The number of nitrogens with two attached hydrogens (primary N) is 1. The lowest BCUT2D eigenvalue weighted by atomic mass is 9.79. The van der Waals surface area contributed by atoms with E-state index in [2.05, 4.69) is 46.8 Å². The largest absolute Gasteiger partial charge is 0.345 e. The predicted molar refractivity (Wildman–Crippen MR) is 141 cm³/mol. The van der Waals surface area contributed by atoms with Gasteiger partial charge in [-0.05, 0) is 64.7 Å². The molecular weight excluding hydrogens is 463 g/mol. The van der Waals surface area contributed by atoms with E-state index in [0.29, 0.717) is 10.0 Å². The minimum Gasteiger partial charge on any atom is -0.345 e. The Morgan fingerprint density at radius 2 is 1.65 bits per heavy atom. The van der Waals surface area contributed by atoms with Gasteiger partial charge >= 0.3 is 0 Å². The number of aryl methyl sites for hydroxylation is 1.